The van der Waals surface area contributed by atoms with E-state index in [0.29, 0.717) is 0 Å². The molecule has 23 heavy (non-hydrogen) atoms. The van der Waals surface area contributed by atoms with Gasteiger partial charge < -0.3 is 10.4 Å². The fourth-order valence-corrected chi connectivity index (χ4v) is 2.15. The zero-order chi connectivity index (χ0) is 17.2. The van der Waals surface area contributed by atoms with Crippen molar-refractivity contribution in [3.05, 3.63) is 59.2 Å². The number of aliphatic carboxylic acids is 1. The third kappa shape index (κ3) is 8.00. The highest BCUT2D eigenvalue weighted by Gasteiger charge is 2.19. The van der Waals surface area contributed by atoms with E-state index in [1.165, 1.54) is 11.6 Å². The first kappa shape index (κ1) is 18.7. The van der Waals surface area contributed by atoms with Crippen LogP contribution in [-0.4, -0.2) is 23.0 Å². The summed E-state index contributed by atoms with van der Waals surface area (Å²) in [4.78, 5) is 23.3. The lowest BCUT2D eigenvalue weighted by Crippen LogP contribution is -2.41. The largest absolute Gasteiger partial charge is 0.480 e. The first-order valence-electron chi connectivity index (χ1n) is 7.76. The molecule has 0 radical (unpaired) electrons. The van der Waals surface area contributed by atoms with Gasteiger partial charge in [-0.2, -0.15) is 0 Å². The van der Waals surface area contributed by atoms with Crippen molar-refractivity contribution in [3.8, 4) is 0 Å². The molecule has 0 fully saturated rings. The molecule has 0 heterocycles. The Morgan fingerprint density at radius 1 is 1.17 bits per heavy atom. The average molecular weight is 315 g/mol. The molecule has 1 rings (SSSR count). The van der Waals surface area contributed by atoms with Gasteiger partial charge in [0.15, 0.2) is 0 Å². The van der Waals surface area contributed by atoms with Gasteiger partial charge in [0.25, 0.3) is 0 Å². The van der Waals surface area contributed by atoms with E-state index >= 15 is 0 Å². The molecule has 1 unspecified atom stereocenters. The van der Waals surface area contributed by atoms with Crippen molar-refractivity contribution in [3.63, 3.8) is 0 Å². The summed E-state index contributed by atoms with van der Waals surface area (Å²) in [6, 6.07) is 8.35. The van der Waals surface area contributed by atoms with E-state index in [2.05, 4.69) is 11.4 Å². The van der Waals surface area contributed by atoms with E-state index in [1.54, 1.807) is 0 Å². The van der Waals surface area contributed by atoms with Crippen LogP contribution in [0.25, 0.3) is 0 Å². The number of hydrogen-bond acceptors (Lipinski definition) is 2. The van der Waals surface area contributed by atoms with E-state index in [-0.39, 0.29) is 12.3 Å². The number of rotatable bonds is 8. The van der Waals surface area contributed by atoms with Crippen LogP contribution in [0.2, 0.25) is 0 Å². The molecule has 1 amide bonds. The summed E-state index contributed by atoms with van der Waals surface area (Å²) >= 11 is 0. The molecular weight excluding hydrogens is 290 g/mol. The number of benzene rings is 1. The molecule has 0 aliphatic heterocycles. The Balaban J connectivity index is 2.60. The minimum Gasteiger partial charge on any atom is -0.480 e. The maximum Gasteiger partial charge on any atom is 0.326 e. The molecule has 0 saturated carbocycles. The van der Waals surface area contributed by atoms with Crippen LogP contribution >= 0.6 is 0 Å². The number of carbonyl (C=O) groups is 2. The molecule has 4 heteroatoms. The first-order valence-corrected chi connectivity index (χ1v) is 7.76. The van der Waals surface area contributed by atoms with Gasteiger partial charge in [-0.05, 0) is 39.2 Å². The Bertz CT molecular complexity index is 584. The highest BCUT2D eigenvalue weighted by Crippen LogP contribution is 2.07. The first-order chi connectivity index (χ1) is 10.9. The van der Waals surface area contributed by atoms with Crippen molar-refractivity contribution >= 4 is 11.9 Å². The lowest BCUT2D eigenvalue weighted by atomic mass is 10.1. The Labute approximate surface area is 137 Å². The number of amides is 1. The summed E-state index contributed by atoms with van der Waals surface area (Å²) < 4.78 is 0. The van der Waals surface area contributed by atoms with Gasteiger partial charge in [-0.25, -0.2) is 4.79 Å². The predicted octanol–water partition coefficient (Wildman–Crippen LogP) is 3.49. The second kappa shape index (κ2) is 9.62. The highest BCUT2D eigenvalue weighted by atomic mass is 16.4. The number of nitrogens with one attached hydrogen (secondary N) is 1. The van der Waals surface area contributed by atoms with Crippen molar-refractivity contribution in [1.29, 1.82) is 0 Å². The van der Waals surface area contributed by atoms with Crippen LogP contribution in [0, 0.1) is 0 Å². The summed E-state index contributed by atoms with van der Waals surface area (Å²) in [5, 5.41) is 11.8. The van der Waals surface area contributed by atoms with Gasteiger partial charge in [-0.3, -0.25) is 4.79 Å². The molecule has 0 spiro atoms. The molecule has 0 aromatic heterocycles. The summed E-state index contributed by atoms with van der Waals surface area (Å²) in [5.41, 5.74) is 3.06. The van der Waals surface area contributed by atoms with Crippen molar-refractivity contribution in [2.45, 2.75) is 46.1 Å². The summed E-state index contributed by atoms with van der Waals surface area (Å²) in [7, 11) is 0. The second-order valence-corrected chi connectivity index (χ2v) is 5.90. The van der Waals surface area contributed by atoms with Crippen molar-refractivity contribution in [2.24, 2.45) is 0 Å². The molecule has 1 atom stereocenters. The molecular formula is C19H25NO3. The number of allylic oxidation sites excluding steroid dienone is 3. The van der Waals surface area contributed by atoms with Crippen molar-refractivity contribution < 1.29 is 14.7 Å². The maximum atomic E-state index is 12.0. The predicted molar refractivity (Wildman–Crippen MR) is 92.1 cm³/mol. The molecule has 0 aliphatic rings. The van der Waals surface area contributed by atoms with Crippen LogP contribution in [-0.2, 0) is 16.0 Å². The second-order valence-electron chi connectivity index (χ2n) is 5.90. The van der Waals surface area contributed by atoms with Gasteiger partial charge in [-0.1, -0.05) is 47.6 Å². The number of carboxylic acid groups (broad SMARTS) is 1. The molecule has 1 aromatic carbocycles. The Kier molecular flexibility index (Phi) is 7.81. The average Bonchev–Trinajstić information content (AvgIpc) is 2.47. The summed E-state index contributed by atoms with van der Waals surface area (Å²) in [6.07, 6.45) is 5.54. The standard InChI is InChI=1S/C19H25NO3/c1-14(2)8-7-9-15(3)12-18(21)20-17(19(22)23)13-16-10-5-4-6-11-16/h4-6,8,10-12,17H,7,9,13H2,1-3H3,(H,20,21)(H,22,23). The van der Waals surface area contributed by atoms with E-state index in [0.717, 1.165) is 24.0 Å². The van der Waals surface area contributed by atoms with Crippen molar-refractivity contribution in [2.75, 3.05) is 0 Å². The maximum absolute atomic E-state index is 12.0. The molecule has 0 saturated heterocycles. The van der Waals surface area contributed by atoms with Crippen LogP contribution in [0.4, 0.5) is 0 Å². The summed E-state index contributed by atoms with van der Waals surface area (Å²) in [5.74, 6) is -1.39. The Morgan fingerprint density at radius 3 is 2.39 bits per heavy atom. The van der Waals surface area contributed by atoms with E-state index in [9.17, 15) is 14.7 Å². The van der Waals surface area contributed by atoms with Crippen LogP contribution in [0.15, 0.2) is 53.6 Å². The highest BCUT2D eigenvalue weighted by molar-refractivity contribution is 5.91. The monoisotopic (exact) mass is 315 g/mol. The molecule has 1 aromatic rings. The minimum atomic E-state index is -1.03. The van der Waals surface area contributed by atoms with Gasteiger partial charge in [0.1, 0.15) is 6.04 Å². The Morgan fingerprint density at radius 2 is 1.83 bits per heavy atom. The van der Waals surface area contributed by atoms with Gasteiger partial charge in [0.05, 0.1) is 0 Å². The summed E-state index contributed by atoms with van der Waals surface area (Å²) in [6.45, 7) is 5.95. The normalized spacial score (nSPS) is 12.4. The third-order valence-electron chi connectivity index (χ3n) is 3.37. The van der Waals surface area contributed by atoms with Crippen LogP contribution in [0.5, 0.6) is 0 Å². The van der Waals surface area contributed by atoms with Gasteiger partial charge in [0.2, 0.25) is 5.91 Å². The lowest BCUT2D eigenvalue weighted by molar-refractivity contribution is -0.141. The van der Waals surface area contributed by atoms with Gasteiger partial charge >= 0.3 is 5.97 Å². The van der Waals surface area contributed by atoms with E-state index in [1.807, 2.05) is 51.1 Å². The number of carboxylic acids is 1. The SMILES string of the molecule is CC(C)=CCCC(C)=CC(=O)NC(Cc1ccccc1)C(=O)O. The molecule has 0 aliphatic carbocycles. The van der Waals surface area contributed by atoms with Gasteiger partial charge in [0, 0.05) is 12.5 Å². The fraction of sp³-hybridized carbons (Fsp3) is 0.368. The van der Waals surface area contributed by atoms with Gasteiger partial charge in [-0.15, -0.1) is 0 Å². The number of carbonyl (C=O) groups excluding carboxylic acids is 1. The molecule has 4 nitrogen and oxygen atoms in total. The minimum absolute atomic E-state index is 0.270. The third-order valence-corrected chi connectivity index (χ3v) is 3.37. The molecule has 124 valence electrons. The Hall–Kier alpha value is -2.36. The van der Waals surface area contributed by atoms with E-state index in [4.69, 9.17) is 0 Å². The van der Waals surface area contributed by atoms with Crippen molar-refractivity contribution in [1.82, 2.24) is 5.32 Å². The van der Waals surface area contributed by atoms with E-state index < -0.39 is 12.0 Å². The number of hydrogen-bond donors (Lipinski definition) is 2. The molecule has 0 bridgehead atoms. The smallest absolute Gasteiger partial charge is 0.326 e. The van der Waals surface area contributed by atoms with Crippen LogP contribution < -0.4 is 5.32 Å². The zero-order valence-electron chi connectivity index (χ0n) is 14.0. The topological polar surface area (TPSA) is 66.4 Å². The zero-order valence-corrected chi connectivity index (χ0v) is 14.0. The van der Waals surface area contributed by atoms with Crippen LogP contribution in [0.1, 0.15) is 39.2 Å². The molecule has 2 N–H and O–H groups in total. The quantitative estimate of drug-likeness (QED) is 0.570. The fourth-order valence-electron chi connectivity index (χ4n) is 2.15. The van der Waals surface area contributed by atoms with Crippen LogP contribution in [0.3, 0.4) is 0 Å². The lowest BCUT2D eigenvalue weighted by Gasteiger charge is -2.13.